The average Bonchev–Trinajstić information content (AvgIpc) is 4.55. The quantitative estimate of drug-likeness (QED) is 0.0345. The van der Waals surface area contributed by atoms with Gasteiger partial charge in [0.15, 0.2) is 0 Å². The van der Waals surface area contributed by atoms with Gasteiger partial charge < -0.3 is 8.83 Å². The fourth-order valence-corrected chi connectivity index (χ4v) is 19.5. The highest BCUT2D eigenvalue weighted by Gasteiger charge is 2.57. The minimum atomic E-state index is -0.499. The summed E-state index contributed by atoms with van der Waals surface area (Å²) in [6.45, 7) is 21.4. The third kappa shape index (κ3) is 11.3. The molecule has 2 amide bonds. The molecule has 0 saturated carbocycles. The Morgan fingerprint density at radius 2 is 1.10 bits per heavy atom. The van der Waals surface area contributed by atoms with E-state index in [0.29, 0.717) is 18.4 Å². The van der Waals surface area contributed by atoms with E-state index >= 15 is 4.79 Å². The van der Waals surface area contributed by atoms with Crippen LogP contribution in [0.1, 0.15) is 215 Å². The predicted octanol–water partition coefficient (Wildman–Crippen LogP) is 22.0. The lowest BCUT2D eigenvalue weighted by Crippen LogP contribution is -2.33. The molecule has 5 nitrogen and oxygen atoms in total. The van der Waals surface area contributed by atoms with E-state index in [4.69, 9.17) is 8.83 Å². The topological polar surface area (TPSA) is 63.7 Å². The molecule has 1 saturated heterocycles. The van der Waals surface area contributed by atoms with Crippen LogP contribution in [0.4, 0.5) is 0 Å². The minimum absolute atomic E-state index is 0.0101. The Bertz CT molecular complexity index is 3260. The maximum Gasteiger partial charge on any atom is 0.243 e. The van der Waals surface area contributed by atoms with Crippen LogP contribution in [-0.4, -0.2) is 28.5 Å². The van der Waals surface area contributed by atoms with Crippen LogP contribution in [0, 0.1) is 11.8 Å². The number of hydrogen-bond donors (Lipinski definition) is 0. The van der Waals surface area contributed by atoms with E-state index in [1.807, 2.05) is 34.0 Å². The van der Waals surface area contributed by atoms with Crippen molar-refractivity contribution in [2.45, 2.75) is 211 Å². The Kier molecular flexibility index (Phi) is 18.9. The molecular formula is C71H87NO4S4. The van der Waals surface area contributed by atoms with E-state index in [-0.39, 0.29) is 22.6 Å². The number of fused-ring (bicyclic) bond motifs is 5. The van der Waals surface area contributed by atoms with Crippen molar-refractivity contribution in [3.63, 3.8) is 0 Å². The van der Waals surface area contributed by atoms with Gasteiger partial charge in [0.2, 0.25) is 11.8 Å². The Morgan fingerprint density at radius 1 is 0.562 bits per heavy atom. The number of benzene rings is 3. The first kappa shape index (κ1) is 58.5. The van der Waals surface area contributed by atoms with Gasteiger partial charge in [0, 0.05) is 81.0 Å². The number of carbonyl (C=O) groups is 2. The van der Waals surface area contributed by atoms with Crippen LogP contribution >= 0.6 is 45.8 Å². The predicted molar refractivity (Wildman–Crippen MR) is 343 cm³/mol. The molecule has 2 aliphatic heterocycles. The summed E-state index contributed by atoms with van der Waals surface area (Å²) < 4.78 is 16.8. The van der Waals surface area contributed by atoms with Crippen LogP contribution < -0.4 is 0 Å². The number of furan rings is 2. The highest BCUT2D eigenvalue weighted by molar-refractivity contribution is 8.01. The third-order valence-electron chi connectivity index (χ3n) is 18.2. The van der Waals surface area contributed by atoms with Crippen molar-refractivity contribution >= 4 is 77.8 Å². The van der Waals surface area contributed by atoms with Gasteiger partial charge >= 0.3 is 0 Å². The summed E-state index contributed by atoms with van der Waals surface area (Å²) in [6, 6.07) is 36.0. The zero-order chi connectivity index (χ0) is 56.1. The summed E-state index contributed by atoms with van der Waals surface area (Å²) in [6.07, 6.45) is 20.7. The van der Waals surface area contributed by atoms with Crippen molar-refractivity contribution in [1.82, 2.24) is 4.90 Å². The molecular weight excluding hydrogens is 1060 g/mol. The van der Waals surface area contributed by atoms with E-state index in [0.717, 1.165) is 132 Å². The molecule has 0 aliphatic carbocycles. The summed E-state index contributed by atoms with van der Waals surface area (Å²) in [5, 5.41) is 1.91. The van der Waals surface area contributed by atoms with E-state index in [1.165, 1.54) is 85.5 Å². The number of rotatable bonds is 29. The molecule has 3 aromatic carbocycles. The number of imide groups is 1. The molecule has 4 unspecified atom stereocenters. The van der Waals surface area contributed by atoms with Gasteiger partial charge in [-0.05, 0) is 84.2 Å². The zero-order valence-corrected chi connectivity index (χ0v) is 52.7. The smallest absolute Gasteiger partial charge is 0.243 e. The standard InChI is InChI=1S/C71H87NO4S4/c1-10-17-20-21-28-41-72-68(73)61-60-65(79-66(61)69(72)74)64(80-67(60)71(9,40-14-5)49-33-26-23-27-34-49)56-44-52-58(54-37-35-50(75-54)42-46(15-6)29-18-11-2)63-53(45-57(78-63)70(8,39-13-4)48-31-24-22-25-32-48)59(62(52)77-56)55-38-36-51(76-55)43-47(16-7)30-19-12-3/h22-27,31-38,44-47,61,66H,10-21,28-30,39-43H2,1-9H3/t46?,47?,61?,66-,70+,71?/m0/s1. The van der Waals surface area contributed by atoms with Gasteiger partial charge in [-0.25, -0.2) is 0 Å². The first-order valence-electron chi connectivity index (χ1n) is 31.0. The van der Waals surface area contributed by atoms with Crippen LogP contribution in [0.2, 0.25) is 0 Å². The van der Waals surface area contributed by atoms with Crippen molar-refractivity contribution in [1.29, 1.82) is 0 Å². The lowest BCUT2D eigenvalue weighted by Gasteiger charge is -2.31. The molecule has 9 heteroatoms. The van der Waals surface area contributed by atoms with Crippen molar-refractivity contribution < 1.29 is 18.4 Å². The third-order valence-corrected chi connectivity index (χ3v) is 24.0. The average molecular weight is 1150 g/mol. The number of hydrogen-bond acceptors (Lipinski definition) is 8. The van der Waals surface area contributed by atoms with Crippen molar-refractivity contribution in [3.05, 3.63) is 135 Å². The normalized spacial score (nSPS) is 17.6. The van der Waals surface area contributed by atoms with Gasteiger partial charge in [-0.3, -0.25) is 14.5 Å². The number of unbranched alkanes of at least 4 members (excludes halogenated alkanes) is 6. The summed E-state index contributed by atoms with van der Waals surface area (Å²) in [5.41, 5.74) is 5.38. The van der Waals surface area contributed by atoms with Crippen molar-refractivity contribution in [3.8, 4) is 32.4 Å². The summed E-state index contributed by atoms with van der Waals surface area (Å²) in [5.74, 6) is 4.54. The van der Waals surface area contributed by atoms with Crippen LogP contribution in [0.5, 0.6) is 0 Å². The molecule has 424 valence electrons. The zero-order valence-electron chi connectivity index (χ0n) is 49.4. The SMILES string of the molecule is CCCCCCCN1C(=O)C2c3c(C(C)(CCC)c4ccccc4)sc(-c4cc5c(-c6ccc(CC(CC)CCCC)o6)c6sc([C@](C)(CCC)c7ccccc7)cc6c(-c6ccc(CC(CC)CCCC)o6)c5s4)c3S[C@@H]2C1=O. The summed E-state index contributed by atoms with van der Waals surface area (Å²) >= 11 is 7.33. The van der Waals surface area contributed by atoms with Gasteiger partial charge in [-0.1, -0.05) is 213 Å². The van der Waals surface area contributed by atoms with E-state index in [9.17, 15) is 4.79 Å². The van der Waals surface area contributed by atoms with Gasteiger partial charge in [-0.15, -0.1) is 45.8 Å². The molecule has 6 atom stereocenters. The first-order valence-corrected chi connectivity index (χ1v) is 34.3. The highest BCUT2D eigenvalue weighted by atomic mass is 32.2. The lowest BCUT2D eigenvalue weighted by atomic mass is 9.74. The fraction of sp³-hybridized carbons (Fsp3) is 0.493. The number of nitrogens with zero attached hydrogens (tertiary/aromatic N) is 1. The second-order valence-electron chi connectivity index (χ2n) is 23.9. The Morgan fingerprint density at radius 3 is 1.66 bits per heavy atom. The maximum absolute atomic E-state index is 15.0. The monoisotopic (exact) mass is 1150 g/mol. The van der Waals surface area contributed by atoms with E-state index < -0.39 is 11.2 Å². The van der Waals surface area contributed by atoms with Crippen LogP contribution in [0.25, 0.3) is 52.6 Å². The van der Waals surface area contributed by atoms with Crippen LogP contribution in [-0.2, 0) is 33.3 Å². The Hall–Kier alpha value is -4.67. The molecule has 2 aliphatic rings. The number of thioether (sulfide) groups is 1. The lowest BCUT2D eigenvalue weighted by molar-refractivity contribution is -0.138. The fourth-order valence-electron chi connectivity index (χ4n) is 13.5. The van der Waals surface area contributed by atoms with E-state index in [1.54, 1.807) is 16.7 Å². The Balaban J connectivity index is 1.23. The number of amides is 2. The Labute approximate surface area is 494 Å². The minimum Gasteiger partial charge on any atom is -0.461 e. The first-order chi connectivity index (χ1) is 38.9. The molecule has 10 rings (SSSR count). The van der Waals surface area contributed by atoms with Gasteiger partial charge in [0.25, 0.3) is 0 Å². The molecule has 1 fully saturated rings. The number of carbonyl (C=O) groups excluding carboxylic acids is 2. The molecule has 7 heterocycles. The molecule has 0 spiro atoms. The van der Waals surface area contributed by atoms with Crippen molar-refractivity contribution in [2.75, 3.05) is 6.54 Å². The molecule has 80 heavy (non-hydrogen) atoms. The van der Waals surface area contributed by atoms with Crippen LogP contribution in [0.15, 0.2) is 111 Å². The molecule has 0 N–H and O–H groups in total. The maximum atomic E-state index is 15.0. The summed E-state index contributed by atoms with van der Waals surface area (Å²) in [4.78, 5) is 37.4. The number of thiophene rings is 3. The largest absolute Gasteiger partial charge is 0.461 e. The van der Waals surface area contributed by atoms with Gasteiger partial charge in [0.05, 0.1) is 10.8 Å². The second-order valence-corrected chi connectivity index (χ2v) is 28.2. The van der Waals surface area contributed by atoms with E-state index in [2.05, 4.69) is 159 Å². The number of likely N-dealkylation sites (tertiary alicyclic amines) is 1. The molecule has 0 bridgehead atoms. The molecule has 8 aromatic rings. The molecule has 0 radical (unpaired) electrons. The van der Waals surface area contributed by atoms with Crippen molar-refractivity contribution in [2.24, 2.45) is 11.8 Å². The van der Waals surface area contributed by atoms with Gasteiger partial charge in [0.1, 0.15) is 28.3 Å². The molecule has 5 aromatic heterocycles. The second kappa shape index (κ2) is 25.9. The highest BCUT2D eigenvalue weighted by Crippen LogP contribution is 2.63. The van der Waals surface area contributed by atoms with Gasteiger partial charge in [-0.2, -0.15) is 0 Å². The van der Waals surface area contributed by atoms with Crippen LogP contribution in [0.3, 0.4) is 0 Å². The summed E-state index contributed by atoms with van der Waals surface area (Å²) in [7, 11) is 0.